The number of nitrogens with two attached hydrogens (primary N) is 1. The molecule has 0 heterocycles. The third kappa shape index (κ3) is 2.50. The quantitative estimate of drug-likeness (QED) is 0.634. The zero-order valence-corrected chi connectivity index (χ0v) is 7.21. The molecular formula is C8H16N2O. The molecule has 0 radical (unpaired) electrons. The molecule has 3 heteroatoms. The molecule has 1 rings (SSSR count). The van der Waals surface area contributed by atoms with Gasteiger partial charge in [0, 0.05) is 14.1 Å². The first-order valence-electron chi connectivity index (χ1n) is 4.08. The number of carbonyl (C=O) groups is 1. The standard InChI is InChI=1S/C8H16N2O/c1-10(2)8(11)7(9)5-6-3-4-6/h6-7H,3-5,9H2,1-2H3. The summed E-state index contributed by atoms with van der Waals surface area (Å²) >= 11 is 0. The zero-order valence-electron chi connectivity index (χ0n) is 7.21. The minimum Gasteiger partial charge on any atom is -0.347 e. The lowest BCUT2D eigenvalue weighted by Crippen LogP contribution is -2.40. The van der Waals surface area contributed by atoms with Gasteiger partial charge in [0.15, 0.2) is 0 Å². The first-order chi connectivity index (χ1) is 5.11. The highest BCUT2D eigenvalue weighted by atomic mass is 16.2. The van der Waals surface area contributed by atoms with Gasteiger partial charge >= 0.3 is 0 Å². The van der Waals surface area contributed by atoms with E-state index in [0.717, 1.165) is 12.3 Å². The molecule has 64 valence electrons. The van der Waals surface area contributed by atoms with E-state index >= 15 is 0 Å². The Balaban J connectivity index is 2.26. The smallest absolute Gasteiger partial charge is 0.238 e. The van der Waals surface area contributed by atoms with E-state index in [2.05, 4.69) is 0 Å². The number of likely N-dealkylation sites (N-methyl/N-ethyl adjacent to an activating group) is 1. The average Bonchev–Trinajstić information content (AvgIpc) is 2.69. The summed E-state index contributed by atoms with van der Waals surface area (Å²) in [6.07, 6.45) is 3.39. The molecule has 1 amide bonds. The van der Waals surface area contributed by atoms with Gasteiger partial charge in [-0.25, -0.2) is 0 Å². The molecule has 3 nitrogen and oxygen atoms in total. The topological polar surface area (TPSA) is 46.3 Å². The summed E-state index contributed by atoms with van der Waals surface area (Å²) in [6.45, 7) is 0. The van der Waals surface area contributed by atoms with Crippen molar-refractivity contribution in [3.05, 3.63) is 0 Å². The highest BCUT2D eigenvalue weighted by Gasteiger charge is 2.27. The van der Waals surface area contributed by atoms with Crippen LogP contribution in [0.25, 0.3) is 0 Å². The minimum atomic E-state index is -0.266. The Labute approximate surface area is 67.5 Å². The predicted octanol–water partition coefficient (Wildman–Crippen LogP) is 0.202. The van der Waals surface area contributed by atoms with Crippen LogP contribution < -0.4 is 5.73 Å². The predicted molar refractivity (Wildman–Crippen MR) is 44.0 cm³/mol. The van der Waals surface area contributed by atoms with Crippen LogP contribution in [0, 0.1) is 5.92 Å². The molecule has 0 aliphatic heterocycles. The summed E-state index contributed by atoms with van der Waals surface area (Å²) in [7, 11) is 3.49. The molecule has 0 aromatic rings. The Morgan fingerprint density at radius 1 is 1.64 bits per heavy atom. The highest BCUT2D eigenvalue weighted by Crippen LogP contribution is 2.33. The summed E-state index contributed by atoms with van der Waals surface area (Å²) in [5.41, 5.74) is 5.67. The Morgan fingerprint density at radius 2 is 2.18 bits per heavy atom. The van der Waals surface area contributed by atoms with Crippen LogP contribution in [0.15, 0.2) is 0 Å². The first-order valence-corrected chi connectivity index (χ1v) is 4.08. The van der Waals surface area contributed by atoms with Gasteiger partial charge in [0.05, 0.1) is 6.04 Å². The molecule has 1 unspecified atom stereocenters. The minimum absolute atomic E-state index is 0.0527. The van der Waals surface area contributed by atoms with Gasteiger partial charge in [-0.1, -0.05) is 12.8 Å². The third-order valence-corrected chi connectivity index (χ3v) is 2.04. The molecule has 0 aromatic heterocycles. The number of rotatable bonds is 3. The van der Waals surface area contributed by atoms with E-state index in [1.165, 1.54) is 12.8 Å². The monoisotopic (exact) mass is 156 g/mol. The maximum Gasteiger partial charge on any atom is 0.238 e. The van der Waals surface area contributed by atoms with Crippen LogP contribution in [-0.4, -0.2) is 30.9 Å². The second kappa shape index (κ2) is 3.22. The lowest BCUT2D eigenvalue weighted by Gasteiger charge is -2.15. The second-order valence-electron chi connectivity index (χ2n) is 3.52. The molecule has 1 fully saturated rings. The van der Waals surface area contributed by atoms with Crippen LogP contribution in [0.3, 0.4) is 0 Å². The van der Waals surface area contributed by atoms with Crippen molar-refractivity contribution < 1.29 is 4.79 Å². The summed E-state index contributed by atoms with van der Waals surface area (Å²) in [6, 6.07) is -0.266. The van der Waals surface area contributed by atoms with Crippen molar-refractivity contribution in [3.8, 4) is 0 Å². The largest absolute Gasteiger partial charge is 0.347 e. The van der Waals surface area contributed by atoms with Crippen molar-refractivity contribution in [1.82, 2.24) is 4.90 Å². The lowest BCUT2D eigenvalue weighted by molar-refractivity contribution is -0.130. The molecule has 0 bridgehead atoms. The summed E-state index contributed by atoms with van der Waals surface area (Å²) in [5, 5.41) is 0. The number of carbonyl (C=O) groups excluding carboxylic acids is 1. The Kier molecular flexibility index (Phi) is 2.49. The molecule has 1 aliphatic rings. The van der Waals surface area contributed by atoms with Crippen LogP contribution in [0.5, 0.6) is 0 Å². The molecular weight excluding hydrogens is 140 g/mol. The second-order valence-corrected chi connectivity index (χ2v) is 3.52. The van der Waals surface area contributed by atoms with Crippen LogP contribution >= 0.6 is 0 Å². The normalized spacial score (nSPS) is 19.5. The molecule has 2 N–H and O–H groups in total. The van der Waals surface area contributed by atoms with Crippen LogP contribution in [0.1, 0.15) is 19.3 Å². The Hall–Kier alpha value is -0.570. The van der Waals surface area contributed by atoms with Gasteiger partial charge in [-0.05, 0) is 12.3 Å². The summed E-state index contributed by atoms with van der Waals surface area (Å²) in [4.78, 5) is 12.8. The van der Waals surface area contributed by atoms with Crippen molar-refractivity contribution in [2.75, 3.05) is 14.1 Å². The van der Waals surface area contributed by atoms with E-state index in [4.69, 9.17) is 5.73 Å². The molecule has 1 aliphatic carbocycles. The lowest BCUT2D eigenvalue weighted by atomic mass is 10.1. The number of nitrogens with zero attached hydrogens (tertiary/aromatic N) is 1. The maximum absolute atomic E-state index is 11.2. The highest BCUT2D eigenvalue weighted by molar-refractivity contribution is 5.81. The van der Waals surface area contributed by atoms with Gasteiger partial charge in [0.2, 0.25) is 5.91 Å². The van der Waals surface area contributed by atoms with E-state index in [9.17, 15) is 4.79 Å². The summed E-state index contributed by atoms with van der Waals surface area (Å²) in [5.74, 6) is 0.783. The van der Waals surface area contributed by atoms with Gasteiger partial charge in [-0.15, -0.1) is 0 Å². The number of amides is 1. The van der Waals surface area contributed by atoms with Crippen molar-refractivity contribution in [1.29, 1.82) is 0 Å². The fourth-order valence-corrected chi connectivity index (χ4v) is 1.15. The zero-order chi connectivity index (χ0) is 8.43. The average molecular weight is 156 g/mol. The SMILES string of the molecule is CN(C)C(=O)C(N)CC1CC1. The third-order valence-electron chi connectivity index (χ3n) is 2.04. The molecule has 1 saturated carbocycles. The molecule has 0 saturated heterocycles. The Morgan fingerprint density at radius 3 is 2.55 bits per heavy atom. The van der Waals surface area contributed by atoms with Crippen LogP contribution in [0.2, 0.25) is 0 Å². The van der Waals surface area contributed by atoms with Crippen molar-refractivity contribution in [2.45, 2.75) is 25.3 Å². The van der Waals surface area contributed by atoms with Crippen LogP contribution in [0.4, 0.5) is 0 Å². The van der Waals surface area contributed by atoms with Crippen molar-refractivity contribution in [3.63, 3.8) is 0 Å². The fraction of sp³-hybridized carbons (Fsp3) is 0.875. The summed E-state index contributed by atoms with van der Waals surface area (Å²) < 4.78 is 0. The van der Waals surface area contributed by atoms with Crippen LogP contribution in [-0.2, 0) is 4.79 Å². The Bertz CT molecular complexity index is 152. The van der Waals surface area contributed by atoms with Gasteiger partial charge in [-0.3, -0.25) is 4.79 Å². The van der Waals surface area contributed by atoms with E-state index in [0.29, 0.717) is 0 Å². The van der Waals surface area contributed by atoms with Gasteiger partial charge < -0.3 is 10.6 Å². The van der Waals surface area contributed by atoms with E-state index in [-0.39, 0.29) is 11.9 Å². The molecule has 0 aromatic carbocycles. The van der Waals surface area contributed by atoms with E-state index in [1.807, 2.05) is 0 Å². The van der Waals surface area contributed by atoms with Gasteiger partial charge in [0.25, 0.3) is 0 Å². The van der Waals surface area contributed by atoms with E-state index in [1.54, 1.807) is 19.0 Å². The number of hydrogen-bond donors (Lipinski definition) is 1. The van der Waals surface area contributed by atoms with Gasteiger partial charge in [0.1, 0.15) is 0 Å². The van der Waals surface area contributed by atoms with E-state index < -0.39 is 0 Å². The van der Waals surface area contributed by atoms with Crippen molar-refractivity contribution >= 4 is 5.91 Å². The first kappa shape index (κ1) is 8.53. The van der Waals surface area contributed by atoms with Crippen molar-refractivity contribution in [2.24, 2.45) is 11.7 Å². The number of hydrogen-bond acceptors (Lipinski definition) is 2. The fourth-order valence-electron chi connectivity index (χ4n) is 1.15. The molecule has 0 spiro atoms. The molecule has 1 atom stereocenters. The maximum atomic E-state index is 11.2. The van der Waals surface area contributed by atoms with Gasteiger partial charge in [-0.2, -0.15) is 0 Å². The molecule has 11 heavy (non-hydrogen) atoms.